The molecule has 0 spiro atoms. The predicted molar refractivity (Wildman–Crippen MR) is 232 cm³/mol. The van der Waals surface area contributed by atoms with E-state index in [4.69, 9.17) is 28.4 Å². The second kappa shape index (κ2) is 33.8. The maximum Gasteiger partial charge on any atom is 0.222 e. The molecule has 2 heterocycles. The van der Waals surface area contributed by atoms with Crippen LogP contribution in [0, 0.1) is 5.92 Å². The smallest absolute Gasteiger partial charge is 0.222 e. The number of carbonyl (C=O) groups is 6. The Hall–Kier alpha value is -3.66. The van der Waals surface area contributed by atoms with Crippen molar-refractivity contribution >= 4 is 35.4 Å². The zero-order valence-electron chi connectivity index (χ0n) is 38.5. The molecule has 10 atom stereocenters. The van der Waals surface area contributed by atoms with Crippen LogP contribution in [0.4, 0.5) is 0 Å². The Bertz CT molecular complexity index is 1330. The SMILES string of the molecule is CC(=O)NC1C(O)C(O)C(CO)O[C@H]1OCCCCC(=O)NCCCNC(=O)CCOCC(C)COCCC(=O)NCCCNC(=O)CCCCO[C@@H]1OC(CO)C(O)C(O)C1NC(C)=O. The van der Waals surface area contributed by atoms with Gasteiger partial charge in [0.05, 0.1) is 39.6 Å². The zero-order valence-corrected chi connectivity index (χ0v) is 38.5. The minimum absolute atomic E-state index is 0.0392. The summed E-state index contributed by atoms with van der Waals surface area (Å²) in [6.07, 6.45) is -6.08. The van der Waals surface area contributed by atoms with Gasteiger partial charge in [0.15, 0.2) is 12.6 Å². The van der Waals surface area contributed by atoms with Crippen LogP contribution in [-0.2, 0) is 57.2 Å². The minimum atomic E-state index is -1.40. The maximum absolute atomic E-state index is 12.2. The summed E-state index contributed by atoms with van der Waals surface area (Å²) >= 11 is 0. The molecule has 2 aliphatic rings. The van der Waals surface area contributed by atoms with E-state index in [1.165, 1.54) is 13.8 Å². The van der Waals surface area contributed by atoms with E-state index in [9.17, 15) is 59.4 Å². The summed E-state index contributed by atoms with van der Waals surface area (Å²) in [7, 11) is 0. The Kier molecular flexibility index (Phi) is 29.9. The number of rotatable bonds is 34. The Morgan fingerprint density at radius 3 is 1.18 bits per heavy atom. The van der Waals surface area contributed by atoms with Gasteiger partial charge in [-0.15, -0.1) is 0 Å². The van der Waals surface area contributed by atoms with Crippen molar-refractivity contribution in [3.05, 3.63) is 0 Å². The predicted octanol–water partition coefficient (Wildman–Crippen LogP) is -4.06. The van der Waals surface area contributed by atoms with Crippen LogP contribution >= 0.6 is 0 Å². The highest BCUT2D eigenvalue weighted by Crippen LogP contribution is 2.24. The lowest BCUT2D eigenvalue weighted by Crippen LogP contribution is -2.64. The molecule has 0 radical (unpaired) electrons. The molecule has 2 rings (SSSR count). The molecule has 0 aromatic heterocycles. The Morgan fingerprint density at radius 2 is 0.848 bits per heavy atom. The summed E-state index contributed by atoms with van der Waals surface area (Å²) in [4.78, 5) is 71.7. The average molecular weight is 953 g/mol. The molecular weight excluding hydrogens is 876 g/mol. The first-order valence-electron chi connectivity index (χ1n) is 22.8. The summed E-state index contributed by atoms with van der Waals surface area (Å²) in [5, 5.41) is 75.8. The number of ether oxygens (including phenoxy) is 6. The van der Waals surface area contributed by atoms with E-state index in [2.05, 4.69) is 31.9 Å². The monoisotopic (exact) mass is 953 g/mol. The Labute approximate surface area is 385 Å². The van der Waals surface area contributed by atoms with Gasteiger partial charge in [0.25, 0.3) is 0 Å². The van der Waals surface area contributed by atoms with Gasteiger partial charge in [-0.1, -0.05) is 6.92 Å². The van der Waals surface area contributed by atoms with Crippen LogP contribution in [0.5, 0.6) is 0 Å². The van der Waals surface area contributed by atoms with Crippen LogP contribution in [0.25, 0.3) is 0 Å². The molecule has 2 fully saturated rings. The summed E-state index contributed by atoms with van der Waals surface area (Å²) < 4.78 is 33.5. The number of unbranched alkanes of at least 4 members (excludes halogenated alkanes) is 2. The molecule has 8 unspecified atom stereocenters. The van der Waals surface area contributed by atoms with Gasteiger partial charge in [-0.05, 0) is 38.5 Å². The summed E-state index contributed by atoms with van der Waals surface area (Å²) in [5.74, 6) is -1.54. The topological polar surface area (TPSA) is 351 Å². The van der Waals surface area contributed by atoms with Crippen LogP contribution in [0.3, 0.4) is 0 Å². The highest BCUT2D eigenvalue weighted by atomic mass is 16.7. The third-order valence-corrected chi connectivity index (χ3v) is 10.4. The number of aliphatic hydroxyl groups excluding tert-OH is 6. The molecule has 12 N–H and O–H groups in total. The van der Waals surface area contributed by atoms with Crippen molar-refractivity contribution in [2.75, 3.05) is 79.0 Å². The fourth-order valence-electron chi connectivity index (χ4n) is 6.79. The van der Waals surface area contributed by atoms with Crippen molar-refractivity contribution in [1.29, 1.82) is 0 Å². The Morgan fingerprint density at radius 1 is 0.500 bits per heavy atom. The Balaban J connectivity index is 1.39. The average Bonchev–Trinajstić information content (AvgIpc) is 3.27. The highest BCUT2D eigenvalue weighted by Gasteiger charge is 2.46. The first kappa shape index (κ1) is 58.5. The number of aliphatic hydroxyl groups is 6. The van der Waals surface area contributed by atoms with Gasteiger partial charge < -0.3 is 91.0 Å². The second-order valence-electron chi connectivity index (χ2n) is 16.4. The minimum Gasteiger partial charge on any atom is -0.394 e. The summed E-state index contributed by atoms with van der Waals surface area (Å²) in [6.45, 7) is 6.36. The van der Waals surface area contributed by atoms with Crippen molar-refractivity contribution in [2.24, 2.45) is 5.92 Å². The molecule has 0 bridgehead atoms. The van der Waals surface area contributed by atoms with E-state index in [0.29, 0.717) is 77.9 Å². The van der Waals surface area contributed by atoms with Gasteiger partial charge in [0.2, 0.25) is 35.4 Å². The highest BCUT2D eigenvalue weighted by molar-refractivity contribution is 5.77. The van der Waals surface area contributed by atoms with Crippen molar-refractivity contribution in [3.63, 3.8) is 0 Å². The third kappa shape index (κ3) is 23.9. The van der Waals surface area contributed by atoms with E-state index in [1.54, 1.807) is 0 Å². The first-order chi connectivity index (χ1) is 31.6. The summed E-state index contributed by atoms with van der Waals surface area (Å²) in [5.41, 5.74) is 0. The molecule has 24 nitrogen and oxygen atoms in total. The van der Waals surface area contributed by atoms with Crippen molar-refractivity contribution in [1.82, 2.24) is 31.9 Å². The largest absolute Gasteiger partial charge is 0.394 e. The molecule has 0 aliphatic carbocycles. The van der Waals surface area contributed by atoms with E-state index in [-0.39, 0.29) is 81.7 Å². The number of hydrogen-bond donors (Lipinski definition) is 12. The third-order valence-electron chi connectivity index (χ3n) is 10.4. The molecule has 0 aromatic rings. The molecule has 2 saturated heterocycles. The first-order valence-corrected chi connectivity index (χ1v) is 22.8. The number of hydrogen-bond acceptors (Lipinski definition) is 18. The normalized spacial score (nSPS) is 25.6. The van der Waals surface area contributed by atoms with Crippen LogP contribution in [-0.4, -0.2) is 206 Å². The van der Waals surface area contributed by atoms with E-state index in [1.807, 2.05) is 6.92 Å². The molecule has 6 amide bonds. The number of amides is 6. The molecular formula is C42H76N6O18. The van der Waals surface area contributed by atoms with E-state index in [0.717, 1.165) is 0 Å². The number of carbonyl (C=O) groups excluding carboxylic acids is 6. The zero-order chi connectivity index (χ0) is 48.9. The molecule has 0 saturated carbocycles. The van der Waals surface area contributed by atoms with E-state index < -0.39 is 86.3 Å². The lowest BCUT2D eigenvalue weighted by molar-refractivity contribution is -0.270. The number of nitrogens with one attached hydrogen (secondary N) is 6. The quantitative estimate of drug-likeness (QED) is 0.0273. The van der Waals surface area contributed by atoms with Gasteiger partial charge in [-0.2, -0.15) is 0 Å². The van der Waals surface area contributed by atoms with Crippen molar-refractivity contribution in [3.8, 4) is 0 Å². The molecule has 2 aliphatic heterocycles. The van der Waals surface area contributed by atoms with Gasteiger partial charge in [0, 0.05) is 84.8 Å². The fraction of sp³-hybridized carbons (Fsp3) is 0.857. The lowest BCUT2D eigenvalue weighted by atomic mass is 9.97. The van der Waals surface area contributed by atoms with Crippen LogP contribution in [0.2, 0.25) is 0 Å². The second-order valence-corrected chi connectivity index (χ2v) is 16.4. The van der Waals surface area contributed by atoms with Crippen LogP contribution < -0.4 is 31.9 Å². The van der Waals surface area contributed by atoms with Gasteiger partial charge in [-0.25, -0.2) is 0 Å². The van der Waals surface area contributed by atoms with Gasteiger partial charge in [-0.3, -0.25) is 28.8 Å². The summed E-state index contributed by atoms with van der Waals surface area (Å²) in [6, 6.07) is -2.05. The van der Waals surface area contributed by atoms with Crippen molar-refractivity contribution in [2.45, 2.75) is 146 Å². The molecule has 66 heavy (non-hydrogen) atoms. The van der Waals surface area contributed by atoms with Crippen LogP contribution in [0.15, 0.2) is 0 Å². The van der Waals surface area contributed by atoms with Gasteiger partial charge in [0.1, 0.15) is 48.7 Å². The maximum atomic E-state index is 12.2. The van der Waals surface area contributed by atoms with E-state index >= 15 is 0 Å². The standard InChI is InChI=1S/C42H76N6O18/c1-26(24-61-20-12-33(55)45-16-8-14-43-31(53)10-4-6-18-63-41-35(47-27(2)51)39(59)37(57)29(22-49)65-41)25-62-21-13-34(56)46-17-9-15-44-32(54)11-5-7-19-64-42-36(48-28(3)52)40(60)38(58)30(23-50)66-42/h26,29-30,35-42,49-50,57-60H,4-25H2,1-3H3,(H,43,53)(H,44,54)(H,45,55)(H,46,56)(H,47,51)(H,48,52)/t26?,29?,30?,35?,36?,37?,38?,39?,40?,41-,42-/m1/s1. The van der Waals surface area contributed by atoms with Gasteiger partial charge >= 0.3 is 0 Å². The molecule has 382 valence electrons. The molecule has 0 aromatic carbocycles. The lowest BCUT2D eigenvalue weighted by Gasteiger charge is -2.42. The van der Waals surface area contributed by atoms with Crippen molar-refractivity contribution < 1.29 is 87.8 Å². The van der Waals surface area contributed by atoms with Crippen LogP contribution in [0.1, 0.15) is 85.0 Å². The fourth-order valence-corrected chi connectivity index (χ4v) is 6.79. The molecule has 24 heteroatoms.